The number of benzene rings is 1. The number of carbonyl (C=O) groups is 1. The molecule has 0 radical (unpaired) electrons. The highest BCUT2D eigenvalue weighted by atomic mass is 19.4. The summed E-state index contributed by atoms with van der Waals surface area (Å²) in [5.74, 6) is -1.76. The first-order valence-electron chi connectivity index (χ1n) is 11.7. The number of halogens is 3. The van der Waals surface area contributed by atoms with E-state index >= 15 is 0 Å². The smallest absolute Gasteiger partial charge is 0.355 e. The number of ketones is 1. The van der Waals surface area contributed by atoms with Crippen LogP contribution in [0.3, 0.4) is 0 Å². The molecule has 3 heterocycles. The number of Topliss-reactive ketones (excluding diaryl/α,β-unsaturated/α-hetero) is 1. The number of hydrogen-bond acceptors (Lipinski definition) is 5. The SMILES string of the molecule is C1CCN(C2CCNCC2)CC1.C=C(Nc1ccncc1)c1ccccc1.CC(=O)C(F)(F)F. The lowest BCUT2D eigenvalue weighted by atomic mass is 10.0. The fourth-order valence-electron chi connectivity index (χ4n) is 3.78. The minimum absolute atomic E-state index is 0.486. The summed E-state index contributed by atoms with van der Waals surface area (Å²) in [5.41, 5.74) is 2.98. The van der Waals surface area contributed by atoms with Crippen molar-refractivity contribution in [1.82, 2.24) is 15.2 Å². The normalized spacial score (nSPS) is 16.8. The topological polar surface area (TPSA) is 57.3 Å². The predicted molar refractivity (Wildman–Crippen MR) is 131 cm³/mol. The third-order valence-electron chi connectivity index (χ3n) is 5.71. The van der Waals surface area contributed by atoms with Crippen LogP contribution in [0.25, 0.3) is 5.70 Å². The van der Waals surface area contributed by atoms with E-state index in [0.29, 0.717) is 6.92 Å². The molecule has 34 heavy (non-hydrogen) atoms. The number of alkyl halides is 3. The molecule has 2 fully saturated rings. The second-order valence-corrected chi connectivity index (χ2v) is 8.34. The second-order valence-electron chi connectivity index (χ2n) is 8.34. The van der Waals surface area contributed by atoms with Gasteiger partial charge in [0.1, 0.15) is 0 Å². The molecule has 2 saturated heterocycles. The molecule has 8 heteroatoms. The molecule has 2 N–H and O–H groups in total. The van der Waals surface area contributed by atoms with Crippen molar-refractivity contribution in [2.24, 2.45) is 0 Å². The number of pyridine rings is 1. The van der Waals surface area contributed by atoms with Gasteiger partial charge in [-0.1, -0.05) is 43.3 Å². The molecule has 2 aliphatic rings. The maximum Gasteiger partial charge on any atom is 0.449 e. The molecule has 5 nitrogen and oxygen atoms in total. The van der Waals surface area contributed by atoms with Gasteiger partial charge in [-0.3, -0.25) is 9.78 Å². The number of carbonyl (C=O) groups excluding carboxylic acids is 1. The van der Waals surface area contributed by atoms with Crippen LogP contribution >= 0.6 is 0 Å². The molecule has 1 aromatic heterocycles. The van der Waals surface area contributed by atoms with E-state index in [9.17, 15) is 18.0 Å². The Morgan fingerprint density at radius 1 is 1.03 bits per heavy atom. The van der Waals surface area contributed by atoms with Gasteiger partial charge in [0, 0.05) is 36.7 Å². The lowest BCUT2D eigenvalue weighted by Gasteiger charge is -2.36. The zero-order chi connectivity index (χ0) is 24.8. The van der Waals surface area contributed by atoms with Crippen LogP contribution in [-0.4, -0.2) is 54.1 Å². The van der Waals surface area contributed by atoms with Crippen LogP contribution in [0.1, 0.15) is 44.6 Å². The van der Waals surface area contributed by atoms with Crippen molar-refractivity contribution < 1.29 is 18.0 Å². The zero-order valence-corrected chi connectivity index (χ0v) is 19.8. The van der Waals surface area contributed by atoms with Crippen molar-refractivity contribution in [1.29, 1.82) is 0 Å². The summed E-state index contributed by atoms with van der Waals surface area (Å²) in [6, 6.07) is 14.8. The Kier molecular flexibility index (Phi) is 11.8. The Balaban J connectivity index is 0.000000193. The van der Waals surface area contributed by atoms with Crippen LogP contribution in [0.2, 0.25) is 0 Å². The zero-order valence-electron chi connectivity index (χ0n) is 19.8. The molecule has 0 atom stereocenters. The van der Waals surface area contributed by atoms with E-state index in [2.05, 4.69) is 27.1 Å². The van der Waals surface area contributed by atoms with E-state index < -0.39 is 12.0 Å². The van der Waals surface area contributed by atoms with Gasteiger partial charge >= 0.3 is 6.18 Å². The van der Waals surface area contributed by atoms with Crippen molar-refractivity contribution in [3.05, 3.63) is 67.0 Å². The van der Waals surface area contributed by atoms with Gasteiger partial charge in [0.2, 0.25) is 5.78 Å². The molecule has 0 unspecified atom stereocenters. The van der Waals surface area contributed by atoms with E-state index in [1.807, 2.05) is 42.5 Å². The standard InChI is InChI=1S/C13H12N2.C10H20N2.C3H3F3O/c1-11(12-5-3-2-4-6-12)15-13-7-9-14-10-8-13;1-2-8-12(9-3-1)10-4-6-11-7-5-10;1-2(7)3(4,5)6/h2-10H,1H2,(H,14,15);10-11H,1-9H2;1H3. The quantitative estimate of drug-likeness (QED) is 0.608. The Hall–Kier alpha value is -2.71. The van der Waals surface area contributed by atoms with Crippen molar-refractivity contribution in [2.45, 2.75) is 51.2 Å². The molecule has 0 amide bonds. The van der Waals surface area contributed by atoms with Crippen LogP contribution in [-0.2, 0) is 4.79 Å². The van der Waals surface area contributed by atoms with Crippen molar-refractivity contribution >= 4 is 17.2 Å². The lowest BCUT2D eigenvalue weighted by molar-refractivity contribution is -0.168. The van der Waals surface area contributed by atoms with E-state index in [1.54, 1.807) is 12.4 Å². The fourth-order valence-corrected chi connectivity index (χ4v) is 3.78. The molecular weight excluding hydrogens is 441 g/mol. The molecule has 1 aromatic carbocycles. The Labute approximate surface area is 200 Å². The minimum atomic E-state index is -4.64. The molecular formula is C26H35F3N4O. The predicted octanol–water partition coefficient (Wildman–Crippen LogP) is 5.53. The maximum atomic E-state index is 10.8. The van der Waals surface area contributed by atoms with E-state index in [4.69, 9.17) is 0 Å². The average molecular weight is 477 g/mol. The van der Waals surface area contributed by atoms with Crippen molar-refractivity contribution in [3.63, 3.8) is 0 Å². The second kappa shape index (κ2) is 14.5. The van der Waals surface area contributed by atoms with Gasteiger partial charge in [0.25, 0.3) is 0 Å². The van der Waals surface area contributed by atoms with Gasteiger partial charge in [-0.15, -0.1) is 0 Å². The summed E-state index contributed by atoms with van der Waals surface area (Å²) < 4.78 is 32.5. The van der Waals surface area contributed by atoms with Gasteiger partial charge in [-0.2, -0.15) is 13.2 Å². The van der Waals surface area contributed by atoms with Crippen molar-refractivity contribution in [3.8, 4) is 0 Å². The third kappa shape index (κ3) is 10.5. The molecule has 2 aromatic rings. The first kappa shape index (κ1) is 27.5. The van der Waals surface area contributed by atoms with Gasteiger partial charge < -0.3 is 15.5 Å². The summed E-state index contributed by atoms with van der Waals surface area (Å²) in [5, 5.41) is 6.65. The lowest BCUT2D eigenvalue weighted by Crippen LogP contribution is -2.45. The largest absolute Gasteiger partial charge is 0.449 e. The fraction of sp³-hybridized carbons (Fsp3) is 0.462. The summed E-state index contributed by atoms with van der Waals surface area (Å²) in [4.78, 5) is 16.0. The summed E-state index contributed by atoms with van der Waals surface area (Å²) in [6.45, 7) is 9.68. The molecule has 0 spiro atoms. The van der Waals surface area contributed by atoms with E-state index in [-0.39, 0.29) is 0 Å². The Morgan fingerprint density at radius 3 is 2.12 bits per heavy atom. The van der Waals surface area contributed by atoms with Gasteiger partial charge in [0.05, 0.1) is 0 Å². The first-order chi connectivity index (χ1) is 16.3. The van der Waals surface area contributed by atoms with Crippen LogP contribution in [0.15, 0.2) is 61.4 Å². The number of nitrogens with one attached hydrogen (secondary N) is 2. The maximum absolute atomic E-state index is 10.8. The number of nitrogens with zero attached hydrogens (tertiary/aromatic N) is 2. The van der Waals surface area contributed by atoms with Crippen LogP contribution in [0.5, 0.6) is 0 Å². The minimum Gasteiger partial charge on any atom is -0.355 e. The van der Waals surface area contributed by atoms with Crippen LogP contribution in [0, 0.1) is 0 Å². The number of anilines is 1. The number of rotatable bonds is 4. The summed E-state index contributed by atoms with van der Waals surface area (Å²) in [6.07, 6.45) is 5.94. The number of piperidine rings is 2. The average Bonchev–Trinajstić information content (AvgIpc) is 2.86. The van der Waals surface area contributed by atoms with Crippen LogP contribution < -0.4 is 10.6 Å². The molecule has 0 bridgehead atoms. The van der Waals surface area contributed by atoms with Gasteiger partial charge in [0.15, 0.2) is 0 Å². The first-order valence-corrected chi connectivity index (χ1v) is 11.7. The monoisotopic (exact) mass is 476 g/mol. The van der Waals surface area contributed by atoms with Crippen molar-refractivity contribution in [2.75, 3.05) is 31.5 Å². The molecule has 0 aliphatic carbocycles. The number of likely N-dealkylation sites (tertiary alicyclic amines) is 1. The highest BCUT2D eigenvalue weighted by Crippen LogP contribution is 2.18. The summed E-state index contributed by atoms with van der Waals surface area (Å²) in [7, 11) is 0. The molecule has 2 aliphatic heterocycles. The van der Waals surface area contributed by atoms with E-state index in [1.165, 1.54) is 58.3 Å². The van der Waals surface area contributed by atoms with E-state index in [0.717, 1.165) is 23.0 Å². The van der Waals surface area contributed by atoms with Gasteiger partial charge in [-0.25, -0.2) is 0 Å². The molecule has 4 rings (SSSR count). The number of hydrogen-bond donors (Lipinski definition) is 2. The highest BCUT2D eigenvalue weighted by molar-refractivity contribution is 5.81. The molecule has 186 valence electrons. The highest BCUT2D eigenvalue weighted by Gasteiger charge is 2.33. The number of aromatic nitrogens is 1. The van der Waals surface area contributed by atoms with Gasteiger partial charge in [-0.05, 0) is 69.6 Å². The summed E-state index contributed by atoms with van der Waals surface area (Å²) >= 11 is 0. The van der Waals surface area contributed by atoms with Crippen LogP contribution in [0.4, 0.5) is 18.9 Å². The third-order valence-corrected chi connectivity index (χ3v) is 5.71. The Morgan fingerprint density at radius 2 is 1.59 bits per heavy atom. The molecule has 0 saturated carbocycles. The Bertz CT molecular complexity index is 831.